The van der Waals surface area contributed by atoms with Gasteiger partial charge in [-0.05, 0) is 88.5 Å². The average Bonchev–Trinajstić information content (AvgIpc) is 0.852. The van der Waals surface area contributed by atoms with Crippen LogP contribution in [0.2, 0.25) is 0 Å². The summed E-state index contributed by atoms with van der Waals surface area (Å²) in [6, 6.07) is 18.2. The van der Waals surface area contributed by atoms with Crippen LogP contribution in [0.15, 0.2) is 72.8 Å². The molecule has 0 aliphatic carbocycles. The van der Waals surface area contributed by atoms with Gasteiger partial charge in [-0.2, -0.15) is 0 Å². The van der Waals surface area contributed by atoms with Gasteiger partial charge >= 0.3 is 78.1 Å². The number of anilines is 5. The van der Waals surface area contributed by atoms with Crippen LogP contribution >= 0.6 is 0 Å². The molecule has 0 atom stereocenters. The molecule has 31 nitrogen and oxygen atoms in total. The molecule has 0 saturated heterocycles. The SMILES string of the molecule is CNc1ccc(COC(=O)Nc2c(COC(=O)Nc3c(COC(C)=O)cc(COC(C)=O)cc3COC(C)=O)cc(COC(=O)Nc3c(COC(C)=O)cc(COC(C)=O)cc3COC(C)=O)cc2COC(=O)Nc2c(COC(C)=O)cc(COC(C)=O)cc2COC(C)=O)cc1. The van der Waals surface area contributed by atoms with Crippen LogP contribution in [-0.2, 0) is 191 Å². The highest BCUT2D eigenvalue weighted by Gasteiger charge is 2.25. The van der Waals surface area contributed by atoms with E-state index in [0.717, 1.165) is 47.2 Å². The van der Waals surface area contributed by atoms with Crippen molar-refractivity contribution in [1.82, 2.24) is 0 Å². The molecule has 4 amide bonds. The lowest BCUT2D eigenvalue weighted by Crippen LogP contribution is -2.21. The van der Waals surface area contributed by atoms with E-state index in [1.807, 2.05) is 0 Å². The number of esters is 9. The fourth-order valence-electron chi connectivity index (χ4n) is 8.78. The van der Waals surface area contributed by atoms with E-state index in [1.54, 1.807) is 31.3 Å². The van der Waals surface area contributed by atoms with Crippen molar-refractivity contribution in [3.63, 3.8) is 0 Å². The largest absolute Gasteiger partial charge is 0.461 e. The molecule has 0 radical (unpaired) electrons. The Morgan fingerprint density at radius 2 is 0.402 bits per heavy atom. The van der Waals surface area contributed by atoms with Crippen molar-refractivity contribution >= 4 is 107 Å². The first-order valence-corrected chi connectivity index (χ1v) is 29.3. The van der Waals surface area contributed by atoms with Gasteiger partial charge in [0, 0.05) is 120 Å². The minimum absolute atomic E-state index is 0.0348. The molecule has 518 valence electrons. The summed E-state index contributed by atoms with van der Waals surface area (Å²) in [4.78, 5) is 165. The van der Waals surface area contributed by atoms with Crippen LogP contribution in [0.1, 0.15) is 135 Å². The molecule has 31 heteroatoms. The number of hydrogen-bond donors (Lipinski definition) is 5. The standard InChI is InChI=1S/C66H73N5O26/c1-36(72)85-24-46-15-50(28-88-39(4)75)59(51(16-46)29-89-40(5)76)68-64(82)95-27-49-21-56(34-96-65(83)70-60-52(30-90-41(6)77)17-47(25-86-37(2)73)18-53(60)31-91-42(7)78)62(69-63(81)94-23-45-11-13-58(67-10)14-12-45)57(22-49)35-97-66(84)71-61-54(32-92-43(8)79)19-48(26-87-38(3)74)20-55(61)33-93-44(9)80/h11-22,67H,23-35H2,1-10H3,(H,68,82)(H,69,81)(H,70,83)(H,71,84). The van der Waals surface area contributed by atoms with Gasteiger partial charge in [0.1, 0.15) is 85.9 Å². The third-order valence-corrected chi connectivity index (χ3v) is 13.0. The molecule has 0 bridgehead atoms. The van der Waals surface area contributed by atoms with Crippen LogP contribution in [0.4, 0.5) is 47.6 Å². The van der Waals surface area contributed by atoms with Gasteiger partial charge in [-0.1, -0.05) is 12.1 Å². The lowest BCUT2D eigenvalue weighted by molar-refractivity contribution is -0.143. The van der Waals surface area contributed by atoms with E-state index < -0.39 is 138 Å². The number of hydrogen-bond acceptors (Lipinski definition) is 27. The van der Waals surface area contributed by atoms with Gasteiger partial charge in [-0.25, -0.2) is 19.2 Å². The van der Waals surface area contributed by atoms with Crippen molar-refractivity contribution in [2.45, 2.75) is 148 Å². The molecule has 0 fully saturated rings. The van der Waals surface area contributed by atoms with Crippen LogP contribution in [0.5, 0.6) is 0 Å². The van der Waals surface area contributed by atoms with Crippen LogP contribution < -0.4 is 26.6 Å². The number of amides is 4. The summed E-state index contributed by atoms with van der Waals surface area (Å²) < 4.78 is 70.2. The van der Waals surface area contributed by atoms with Gasteiger partial charge < -0.3 is 66.9 Å². The van der Waals surface area contributed by atoms with E-state index in [9.17, 15) is 62.3 Å². The average molecular weight is 1350 g/mol. The molecule has 97 heavy (non-hydrogen) atoms. The van der Waals surface area contributed by atoms with Crippen LogP contribution in [0.3, 0.4) is 0 Å². The Kier molecular flexibility index (Phi) is 29.6. The zero-order valence-electron chi connectivity index (χ0n) is 54.7. The molecule has 5 N–H and O–H groups in total. The molecule has 0 unspecified atom stereocenters. The van der Waals surface area contributed by atoms with E-state index in [0.29, 0.717) is 22.3 Å². The number of nitrogens with one attached hydrogen (secondary N) is 5. The van der Waals surface area contributed by atoms with Crippen LogP contribution in [0, 0.1) is 0 Å². The summed E-state index contributed by atoms with van der Waals surface area (Å²) in [5.74, 6) is -6.19. The fraction of sp³-hybridized carbons (Fsp3) is 0.348. The Morgan fingerprint density at radius 3 is 0.598 bits per heavy atom. The van der Waals surface area contributed by atoms with Gasteiger partial charge in [-0.3, -0.25) is 64.4 Å². The monoisotopic (exact) mass is 1350 g/mol. The van der Waals surface area contributed by atoms with E-state index in [1.165, 1.54) is 69.3 Å². The minimum atomic E-state index is -1.21. The molecular weight excluding hydrogens is 1280 g/mol. The van der Waals surface area contributed by atoms with Crippen LogP contribution in [-0.4, -0.2) is 85.1 Å². The maximum atomic E-state index is 14.2. The Bertz CT molecular complexity index is 3510. The van der Waals surface area contributed by atoms with Gasteiger partial charge in [0.05, 0.1) is 22.7 Å². The third-order valence-electron chi connectivity index (χ3n) is 13.0. The van der Waals surface area contributed by atoms with Crippen molar-refractivity contribution in [2.75, 3.05) is 33.6 Å². The Morgan fingerprint density at radius 1 is 0.237 bits per heavy atom. The summed E-state index contributed by atoms with van der Waals surface area (Å²) in [5, 5.41) is 13.4. The number of carbonyl (C=O) groups excluding carboxylic acids is 13. The van der Waals surface area contributed by atoms with Crippen molar-refractivity contribution < 1.29 is 124 Å². The van der Waals surface area contributed by atoms with E-state index >= 15 is 0 Å². The maximum Gasteiger partial charge on any atom is 0.411 e. The number of rotatable bonds is 31. The second kappa shape index (κ2) is 37.8. The van der Waals surface area contributed by atoms with Gasteiger partial charge in [0.2, 0.25) is 0 Å². The first-order chi connectivity index (χ1) is 46.0. The molecule has 5 aromatic carbocycles. The van der Waals surface area contributed by atoms with E-state index in [-0.39, 0.29) is 99.2 Å². The number of carbonyl (C=O) groups is 13. The van der Waals surface area contributed by atoms with Gasteiger partial charge in [0.15, 0.2) is 0 Å². The zero-order valence-corrected chi connectivity index (χ0v) is 54.7. The Hall–Kier alpha value is -11.8. The van der Waals surface area contributed by atoms with Gasteiger partial charge in [0.25, 0.3) is 0 Å². The molecule has 0 heterocycles. The Labute approximate surface area is 555 Å². The quantitative estimate of drug-likeness (QED) is 0.0204. The normalized spacial score (nSPS) is 10.4. The highest BCUT2D eigenvalue weighted by molar-refractivity contribution is 5.91. The van der Waals surface area contributed by atoms with Crippen LogP contribution in [0.25, 0.3) is 0 Å². The number of benzene rings is 5. The summed E-state index contributed by atoms with van der Waals surface area (Å²) in [5.41, 5.74) is 2.67. The molecular formula is C66H73N5O26. The first-order valence-electron chi connectivity index (χ1n) is 29.3. The predicted molar refractivity (Wildman–Crippen MR) is 336 cm³/mol. The lowest BCUT2D eigenvalue weighted by atomic mass is 10.0. The highest BCUT2D eigenvalue weighted by Crippen LogP contribution is 2.33. The smallest absolute Gasteiger partial charge is 0.411 e. The third kappa shape index (κ3) is 27.0. The molecule has 0 aliphatic rings. The second-order valence-electron chi connectivity index (χ2n) is 20.9. The zero-order chi connectivity index (χ0) is 71.3. The number of ether oxygens (including phenoxy) is 13. The molecule has 5 rings (SSSR count). The topological polar surface area (TPSA) is 402 Å². The van der Waals surface area contributed by atoms with Crippen molar-refractivity contribution in [3.05, 3.63) is 145 Å². The first kappa shape index (κ1) is 75.9. The van der Waals surface area contributed by atoms with E-state index in [2.05, 4.69) is 26.6 Å². The molecule has 0 saturated carbocycles. The summed E-state index contributed by atoms with van der Waals surface area (Å²) >= 11 is 0. The predicted octanol–water partition coefficient (Wildman–Crippen LogP) is 9.29. The minimum Gasteiger partial charge on any atom is -0.461 e. The highest BCUT2D eigenvalue weighted by atomic mass is 16.6. The van der Waals surface area contributed by atoms with Crippen molar-refractivity contribution in [3.8, 4) is 0 Å². The van der Waals surface area contributed by atoms with Crippen molar-refractivity contribution in [1.29, 1.82) is 0 Å². The lowest BCUT2D eigenvalue weighted by Gasteiger charge is -2.21. The van der Waals surface area contributed by atoms with Gasteiger partial charge in [-0.15, -0.1) is 0 Å². The summed E-state index contributed by atoms with van der Waals surface area (Å²) in [6.07, 6.45) is -4.68. The van der Waals surface area contributed by atoms with E-state index in [4.69, 9.17) is 61.6 Å². The summed E-state index contributed by atoms with van der Waals surface area (Å²) in [7, 11) is 1.71. The summed E-state index contributed by atoms with van der Waals surface area (Å²) in [6.45, 7) is 4.28. The molecule has 0 spiro atoms. The Balaban J connectivity index is 1.66. The molecule has 5 aromatic rings. The molecule has 0 aliphatic heterocycles. The second-order valence-corrected chi connectivity index (χ2v) is 20.9. The fourth-order valence-corrected chi connectivity index (χ4v) is 8.78. The van der Waals surface area contributed by atoms with Crippen molar-refractivity contribution in [2.24, 2.45) is 0 Å². The maximum absolute atomic E-state index is 14.2. The molecule has 0 aromatic heterocycles.